The fraction of sp³-hybridized carbons (Fsp3) is 0.385. The lowest BCUT2D eigenvalue weighted by Crippen LogP contribution is -2.19. The summed E-state index contributed by atoms with van der Waals surface area (Å²) in [4.78, 5) is 0. The van der Waals surface area contributed by atoms with Crippen molar-refractivity contribution in [3.8, 4) is 5.75 Å². The van der Waals surface area contributed by atoms with Gasteiger partial charge in [0.15, 0.2) is 0 Å². The van der Waals surface area contributed by atoms with E-state index >= 15 is 0 Å². The van der Waals surface area contributed by atoms with Crippen molar-refractivity contribution in [1.29, 1.82) is 0 Å². The monoisotopic (exact) mass is 220 g/mol. The Hall–Kier alpha value is -1.02. The molecule has 0 saturated heterocycles. The highest BCUT2D eigenvalue weighted by Crippen LogP contribution is 2.25. The minimum atomic E-state index is -1.04. The fourth-order valence-electron chi connectivity index (χ4n) is 1.62. The maximum absolute atomic E-state index is 6.13. The van der Waals surface area contributed by atoms with Crippen molar-refractivity contribution >= 4 is 15.1 Å². The van der Waals surface area contributed by atoms with Gasteiger partial charge in [-0.15, -0.1) is 0 Å². The summed E-state index contributed by atoms with van der Waals surface area (Å²) in [5.41, 5.74) is 2.33. The molecule has 0 unspecified atom stereocenters. The lowest BCUT2D eigenvalue weighted by atomic mass is 10.1. The summed E-state index contributed by atoms with van der Waals surface area (Å²) >= 11 is 0. The molecule has 15 heavy (non-hydrogen) atoms. The van der Waals surface area contributed by atoms with Gasteiger partial charge in [-0.1, -0.05) is 44.7 Å². The van der Waals surface area contributed by atoms with E-state index in [1.807, 2.05) is 12.1 Å². The summed E-state index contributed by atoms with van der Waals surface area (Å²) in [6.07, 6.45) is 1.87. The largest absolute Gasteiger partial charge is 0.546 e. The Morgan fingerprint density at radius 3 is 2.53 bits per heavy atom. The van der Waals surface area contributed by atoms with E-state index < -0.39 is 9.04 Å². The van der Waals surface area contributed by atoms with Gasteiger partial charge < -0.3 is 4.43 Å². The van der Waals surface area contributed by atoms with E-state index in [1.165, 1.54) is 17.7 Å². The number of hydrogen-bond acceptors (Lipinski definition) is 1. The van der Waals surface area contributed by atoms with Crippen molar-refractivity contribution in [2.24, 2.45) is 0 Å². The SMILES string of the molecule is C=Cc1cccc(C)c1O[SiH](CC)CC. The Labute approximate surface area is 94.5 Å². The summed E-state index contributed by atoms with van der Waals surface area (Å²) in [7, 11) is -1.04. The molecule has 0 heterocycles. The van der Waals surface area contributed by atoms with Crippen molar-refractivity contribution in [3.63, 3.8) is 0 Å². The Morgan fingerprint density at radius 2 is 2.00 bits per heavy atom. The van der Waals surface area contributed by atoms with Crippen LogP contribution >= 0.6 is 0 Å². The molecule has 82 valence electrons. The zero-order chi connectivity index (χ0) is 11.3. The van der Waals surface area contributed by atoms with Crippen molar-refractivity contribution in [3.05, 3.63) is 35.9 Å². The van der Waals surface area contributed by atoms with Crippen LogP contribution in [0.15, 0.2) is 24.8 Å². The third-order valence-corrected chi connectivity index (χ3v) is 5.05. The normalized spacial score (nSPS) is 10.4. The van der Waals surface area contributed by atoms with Crippen LogP contribution in [-0.2, 0) is 0 Å². The highest BCUT2D eigenvalue weighted by Gasteiger charge is 2.11. The maximum atomic E-state index is 6.13. The molecular formula is C13H20OSi. The molecule has 0 aromatic heterocycles. The topological polar surface area (TPSA) is 9.23 Å². The highest BCUT2D eigenvalue weighted by atomic mass is 28.3. The third-order valence-electron chi connectivity index (χ3n) is 2.66. The van der Waals surface area contributed by atoms with E-state index in [9.17, 15) is 0 Å². The molecule has 1 aromatic rings. The molecule has 1 nitrogen and oxygen atoms in total. The Kier molecular flexibility index (Phi) is 4.63. The summed E-state index contributed by atoms with van der Waals surface area (Å²) in [5.74, 6) is 1.05. The standard InChI is InChI=1S/C13H20OSi/c1-5-12-10-8-9-11(4)13(12)14-15(6-2)7-3/h5,8-10,15H,1,6-7H2,2-4H3. The number of benzene rings is 1. The predicted molar refractivity (Wildman–Crippen MR) is 70.0 cm³/mol. The van der Waals surface area contributed by atoms with E-state index in [-0.39, 0.29) is 0 Å². The van der Waals surface area contributed by atoms with Crippen LogP contribution < -0.4 is 4.43 Å². The van der Waals surface area contributed by atoms with E-state index in [0.717, 1.165) is 11.3 Å². The number of aryl methyl sites for hydroxylation is 1. The molecule has 0 spiro atoms. The summed E-state index contributed by atoms with van der Waals surface area (Å²) in [5, 5.41) is 0. The van der Waals surface area contributed by atoms with Crippen molar-refractivity contribution in [1.82, 2.24) is 0 Å². The molecule has 0 atom stereocenters. The van der Waals surface area contributed by atoms with Crippen molar-refractivity contribution < 1.29 is 4.43 Å². The van der Waals surface area contributed by atoms with Crippen LogP contribution in [0.25, 0.3) is 6.08 Å². The van der Waals surface area contributed by atoms with Gasteiger partial charge in [0.2, 0.25) is 9.04 Å². The van der Waals surface area contributed by atoms with Crippen LogP contribution in [0, 0.1) is 6.92 Å². The van der Waals surface area contributed by atoms with Crippen LogP contribution in [-0.4, -0.2) is 9.04 Å². The third kappa shape index (κ3) is 2.96. The lowest BCUT2D eigenvalue weighted by molar-refractivity contribution is 0.560. The van der Waals surface area contributed by atoms with Crippen LogP contribution in [0.3, 0.4) is 0 Å². The van der Waals surface area contributed by atoms with Crippen LogP contribution in [0.4, 0.5) is 0 Å². The van der Waals surface area contributed by atoms with Gasteiger partial charge in [0, 0.05) is 5.56 Å². The minimum Gasteiger partial charge on any atom is -0.546 e. The highest BCUT2D eigenvalue weighted by molar-refractivity contribution is 6.52. The maximum Gasteiger partial charge on any atom is 0.235 e. The first-order valence-corrected chi connectivity index (χ1v) is 7.72. The quantitative estimate of drug-likeness (QED) is 0.686. The Balaban J connectivity index is 2.96. The molecule has 0 aliphatic rings. The second-order valence-corrected chi connectivity index (χ2v) is 6.87. The van der Waals surface area contributed by atoms with Gasteiger partial charge in [-0.05, 0) is 24.6 Å². The van der Waals surface area contributed by atoms with E-state index in [1.54, 1.807) is 0 Å². The van der Waals surface area contributed by atoms with Crippen LogP contribution in [0.2, 0.25) is 12.1 Å². The first-order chi connectivity index (χ1) is 7.22. The molecule has 0 amide bonds. The molecule has 1 rings (SSSR count). The summed E-state index contributed by atoms with van der Waals surface area (Å²) in [6.45, 7) is 10.4. The average Bonchev–Trinajstić information content (AvgIpc) is 2.27. The van der Waals surface area contributed by atoms with Crippen LogP contribution in [0.1, 0.15) is 25.0 Å². The van der Waals surface area contributed by atoms with Gasteiger partial charge in [-0.25, -0.2) is 0 Å². The molecule has 0 radical (unpaired) electrons. The Bertz CT molecular complexity index is 329. The number of hydrogen-bond donors (Lipinski definition) is 0. The number of rotatable bonds is 5. The minimum absolute atomic E-state index is 1.04. The number of para-hydroxylation sites is 1. The second kappa shape index (κ2) is 5.76. The van der Waals surface area contributed by atoms with E-state index in [2.05, 4.69) is 39.5 Å². The predicted octanol–water partition coefficient (Wildman–Crippen LogP) is 3.78. The molecule has 0 bridgehead atoms. The van der Waals surface area contributed by atoms with Crippen molar-refractivity contribution in [2.45, 2.75) is 32.9 Å². The molecular weight excluding hydrogens is 200 g/mol. The average molecular weight is 220 g/mol. The first kappa shape index (κ1) is 12.0. The lowest BCUT2D eigenvalue weighted by Gasteiger charge is -2.18. The molecule has 1 aromatic carbocycles. The fourth-order valence-corrected chi connectivity index (χ4v) is 3.18. The van der Waals surface area contributed by atoms with Gasteiger partial charge in [0.1, 0.15) is 5.75 Å². The van der Waals surface area contributed by atoms with Gasteiger partial charge >= 0.3 is 0 Å². The first-order valence-electron chi connectivity index (χ1n) is 5.61. The smallest absolute Gasteiger partial charge is 0.235 e. The van der Waals surface area contributed by atoms with Crippen molar-refractivity contribution in [2.75, 3.05) is 0 Å². The molecule has 0 aliphatic heterocycles. The summed E-state index contributed by atoms with van der Waals surface area (Å²) in [6, 6.07) is 8.57. The zero-order valence-corrected chi connectivity index (χ0v) is 11.1. The van der Waals surface area contributed by atoms with Crippen LogP contribution in [0.5, 0.6) is 5.75 Å². The van der Waals surface area contributed by atoms with Gasteiger partial charge in [0.25, 0.3) is 0 Å². The molecule has 0 fully saturated rings. The van der Waals surface area contributed by atoms with Gasteiger partial charge in [-0.3, -0.25) is 0 Å². The Morgan fingerprint density at radius 1 is 1.33 bits per heavy atom. The van der Waals surface area contributed by atoms with E-state index in [0.29, 0.717) is 0 Å². The molecule has 0 N–H and O–H groups in total. The van der Waals surface area contributed by atoms with E-state index in [4.69, 9.17) is 4.43 Å². The molecule has 2 heteroatoms. The van der Waals surface area contributed by atoms with Gasteiger partial charge in [-0.2, -0.15) is 0 Å². The second-order valence-electron chi connectivity index (χ2n) is 3.75. The molecule has 0 saturated carbocycles. The summed E-state index contributed by atoms with van der Waals surface area (Å²) < 4.78 is 6.13. The zero-order valence-electron chi connectivity index (χ0n) is 9.92. The van der Waals surface area contributed by atoms with Gasteiger partial charge in [0.05, 0.1) is 0 Å². The molecule has 0 aliphatic carbocycles.